The van der Waals surface area contributed by atoms with Crippen molar-refractivity contribution >= 4 is 0 Å². The van der Waals surface area contributed by atoms with Crippen molar-refractivity contribution in [3.05, 3.63) is 53.6 Å². The van der Waals surface area contributed by atoms with Gasteiger partial charge in [0.05, 0.1) is 18.7 Å². The summed E-state index contributed by atoms with van der Waals surface area (Å²) in [6, 6.07) is 14.8. The third-order valence-electron chi connectivity index (χ3n) is 2.51. The Bertz CT molecular complexity index is 600. The molecule has 0 saturated heterocycles. The SMILES string of the molecule is COc1cc(C)ccc1Oc1cccc(C#N)c1. The molecule has 0 bridgehead atoms. The van der Waals surface area contributed by atoms with Gasteiger partial charge in [-0.3, -0.25) is 0 Å². The van der Waals surface area contributed by atoms with Crippen molar-refractivity contribution in [2.24, 2.45) is 0 Å². The maximum Gasteiger partial charge on any atom is 0.169 e. The molecular weight excluding hydrogens is 226 g/mol. The minimum Gasteiger partial charge on any atom is -0.493 e. The van der Waals surface area contributed by atoms with Crippen LogP contribution in [-0.4, -0.2) is 7.11 Å². The molecule has 0 radical (unpaired) electrons. The first-order valence-corrected chi connectivity index (χ1v) is 5.55. The summed E-state index contributed by atoms with van der Waals surface area (Å²) in [5, 5.41) is 8.84. The molecule has 0 atom stereocenters. The largest absolute Gasteiger partial charge is 0.493 e. The zero-order valence-corrected chi connectivity index (χ0v) is 10.3. The number of nitrogens with zero attached hydrogens (tertiary/aromatic N) is 1. The van der Waals surface area contributed by atoms with Crippen LogP contribution in [0.1, 0.15) is 11.1 Å². The Kier molecular flexibility index (Phi) is 3.49. The Hall–Kier alpha value is -2.47. The highest BCUT2D eigenvalue weighted by atomic mass is 16.5. The molecule has 90 valence electrons. The van der Waals surface area contributed by atoms with Gasteiger partial charge in [-0.1, -0.05) is 12.1 Å². The summed E-state index contributed by atoms with van der Waals surface area (Å²) >= 11 is 0. The van der Waals surface area contributed by atoms with Gasteiger partial charge in [0, 0.05) is 0 Å². The third-order valence-corrected chi connectivity index (χ3v) is 2.51. The van der Waals surface area contributed by atoms with E-state index < -0.39 is 0 Å². The number of hydrogen-bond donors (Lipinski definition) is 0. The molecule has 0 aliphatic rings. The average molecular weight is 239 g/mol. The minimum absolute atomic E-state index is 0.568. The second-order valence-corrected chi connectivity index (χ2v) is 3.90. The van der Waals surface area contributed by atoms with E-state index in [4.69, 9.17) is 14.7 Å². The molecule has 0 aliphatic carbocycles. The summed E-state index contributed by atoms with van der Waals surface area (Å²) in [4.78, 5) is 0. The van der Waals surface area contributed by atoms with Crippen molar-refractivity contribution in [1.82, 2.24) is 0 Å². The van der Waals surface area contributed by atoms with Gasteiger partial charge >= 0.3 is 0 Å². The number of hydrogen-bond acceptors (Lipinski definition) is 3. The molecule has 3 nitrogen and oxygen atoms in total. The van der Waals surface area contributed by atoms with Gasteiger partial charge in [0.1, 0.15) is 5.75 Å². The Balaban J connectivity index is 2.31. The average Bonchev–Trinajstić information content (AvgIpc) is 2.41. The fraction of sp³-hybridized carbons (Fsp3) is 0.133. The highest BCUT2D eigenvalue weighted by molar-refractivity contribution is 5.46. The highest BCUT2D eigenvalue weighted by Gasteiger charge is 2.06. The lowest BCUT2D eigenvalue weighted by Crippen LogP contribution is -1.91. The summed E-state index contributed by atoms with van der Waals surface area (Å²) in [7, 11) is 1.60. The second-order valence-electron chi connectivity index (χ2n) is 3.90. The fourth-order valence-corrected chi connectivity index (χ4v) is 1.62. The molecule has 0 aliphatic heterocycles. The monoisotopic (exact) mass is 239 g/mol. The fourth-order valence-electron chi connectivity index (χ4n) is 1.62. The summed E-state index contributed by atoms with van der Waals surface area (Å²) in [5.74, 6) is 1.94. The molecule has 0 heterocycles. The van der Waals surface area contributed by atoms with E-state index in [1.807, 2.05) is 25.1 Å². The van der Waals surface area contributed by atoms with Gasteiger partial charge in [-0.05, 0) is 42.8 Å². The Labute approximate surface area is 106 Å². The number of methoxy groups -OCH3 is 1. The summed E-state index contributed by atoms with van der Waals surface area (Å²) in [6.45, 7) is 1.99. The molecule has 0 amide bonds. The number of benzene rings is 2. The predicted octanol–water partition coefficient (Wildman–Crippen LogP) is 3.67. The lowest BCUT2D eigenvalue weighted by molar-refractivity contribution is 0.378. The molecule has 3 heteroatoms. The van der Waals surface area contributed by atoms with Gasteiger partial charge < -0.3 is 9.47 Å². The van der Waals surface area contributed by atoms with Gasteiger partial charge in [0.15, 0.2) is 11.5 Å². The molecule has 0 fully saturated rings. The standard InChI is InChI=1S/C15H13NO2/c1-11-6-7-14(15(8-11)17-2)18-13-5-3-4-12(9-13)10-16/h3-9H,1-2H3. The van der Waals surface area contributed by atoms with E-state index in [0.717, 1.165) is 5.56 Å². The lowest BCUT2D eigenvalue weighted by Gasteiger charge is -2.10. The predicted molar refractivity (Wildman–Crippen MR) is 69.0 cm³/mol. The smallest absolute Gasteiger partial charge is 0.169 e. The van der Waals surface area contributed by atoms with E-state index >= 15 is 0 Å². The molecule has 0 saturated carbocycles. The van der Waals surface area contributed by atoms with Gasteiger partial charge in [-0.15, -0.1) is 0 Å². The zero-order chi connectivity index (χ0) is 13.0. The minimum atomic E-state index is 0.568. The van der Waals surface area contributed by atoms with Gasteiger partial charge in [0.25, 0.3) is 0 Å². The maximum absolute atomic E-state index is 8.84. The first-order valence-electron chi connectivity index (χ1n) is 5.55. The number of nitriles is 1. The molecular formula is C15H13NO2. The normalized spacial score (nSPS) is 9.61. The Morgan fingerprint density at radius 2 is 1.89 bits per heavy atom. The summed E-state index contributed by atoms with van der Waals surface area (Å²) in [6.07, 6.45) is 0. The quantitative estimate of drug-likeness (QED) is 0.820. The zero-order valence-electron chi connectivity index (χ0n) is 10.3. The highest BCUT2D eigenvalue weighted by Crippen LogP contribution is 2.32. The number of rotatable bonds is 3. The van der Waals surface area contributed by atoms with E-state index in [0.29, 0.717) is 22.8 Å². The van der Waals surface area contributed by atoms with Crippen LogP contribution in [-0.2, 0) is 0 Å². The molecule has 0 unspecified atom stereocenters. The van der Waals surface area contributed by atoms with Gasteiger partial charge in [-0.2, -0.15) is 5.26 Å². The Morgan fingerprint density at radius 3 is 2.61 bits per heavy atom. The van der Waals surface area contributed by atoms with Crippen molar-refractivity contribution in [2.75, 3.05) is 7.11 Å². The van der Waals surface area contributed by atoms with Crippen LogP contribution >= 0.6 is 0 Å². The van der Waals surface area contributed by atoms with Crippen molar-refractivity contribution in [3.8, 4) is 23.3 Å². The second kappa shape index (κ2) is 5.24. The van der Waals surface area contributed by atoms with Crippen LogP contribution in [0.2, 0.25) is 0 Å². The summed E-state index contributed by atoms with van der Waals surface area (Å²) in [5.41, 5.74) is 1.67. The van der Waals surface area contributed by atoms with Crippen LogP contribution in [0.5, 0.6) is 17.2 Å². The van der Waals surface area contributed by atoms with Crippen LogP contribution in [0.4, 0.5) is 0 Å². The van der Waals surface area contributed by atoms with Gasteiger partial charge in [0.2, 0.25) is 0 Å². The first kappa shape index (κ1) is 12.0. The molecule has 2 aromatic rings. The van der Waals surface area contributed by atoms with E-state index in [1.165, 1.54) is 0 Å². The van der Waals surface area contributed by atoms with Crippen molar-refractivity contribution in [1.29, 1.82) is 5.26 Å². The number of ether oxygens (including phenoxy) is 2. The van der Waals surface area contributed by atoms with Crippen LogP contribution in [0.25, 0.3) is 0 Å². The van der Waals surface area contributed by atoms with E-state index in [1.54, 1.807) is 31.4 Å². The third kappa shape index (κ3) is 2.61. The molecule has 0 spiro atoms. The van der Waals surface area contributed by atoms with Crippen LogP contribution in [0.15, 0.2) is 42.5 Å². The van der Waals surface area contributed by atoms with E-state index in [2.05, 4.69) is 6.07 Å². The molecule has 2 rings (SSSR count). The van der Waals surface area contributed by atoms with E-state index in [9.17, 15) is 0 Å². The van der Waals surface area contributed by atoms with Gasteiger partial charge in [-0.25, -0.2) is 0 Å². The van der Waals surface area contributed by atoms with Crippen molar-refractivity contribution < 1.29 is 9.47 Å². The lowest BCUT2D eigenvalue weighted by atomic mass is 10.2. The van der Waals surface area contributed by atoms with Crippen LogP contribution in [0, 0.1) is 18.3 Å². The van der Waals surface area contributed by atoms with Crippen LogP contribution in [0.3, 0.4) is 0 Å². The molecule has 18 heavy (non-hydrogen) atoms. The maximum atomic E-state index is 8.84. The number of aryl methyl sites for hydroxylation is 1. The van der Waals surface area contributed by atoms with Crippen LogP contribution < -0.4 is 9.47 Å². The molecule has 0 aromatic heterocycles. The molecule has 2 aromatic carbocycles. The molecule has 0 N–H and O–H groups in total. The first-order chi connectivity index (χ1) is 8.72. The topological polar surface area (TPSA) is 42.2 Å². The summed E-state index contributed by atoms with van der Waals surface area (Å²) < 4.78 is 11.0. The Morgan fingerprint density at radius 1 is 1.06 bits per heavy atom. The van der Waals surface area contributed by atoms with E-state index in [-0.39, 0.29) is 0 Å². The van der Waals surface area contributed by atoms with Crippen molar-refractivity contribution in [2.45, 2.75) is 6.92 Å². The van der Waals surface area contributed by atoms with Crippen molar-refractivity contribution in [3.63, 3.8) is 0 Å².